The third-order valence-corrected chi connectivity index (χ3v) is 1.88. The number of benzene rings is 1. The predicted octanol–water partition coefficient (Wildman–Crippen LogP) is 3.75. The Bertz CT molecular complexity index is 267. The van der Waals surface area contributed by atoms with Gasteiger partial charge in [0.05, 0.1) is 0 Å². The average molecular weight is 172 g/mol. The molecule has 0 aliphatic rings. The molecule has 0 saturated heterocycles. The minimum atomic E-state index is 1.12. The van der Waals surface area contributed by atoms with Crippen molar-refractivity contribution in [2.75, 3.05) is 0 Å². The first kappa shape index (κ1) is 9.79. The van der Waals surface area contributed by atoms with Crippen LogP contribution in [0.3, 0.4) is 0 Å². The lowest BCUT2D eigenvalue weighted by atomic mass is 10.1. The summed E-state index contributed by atoms with van der Waals surface area (Å²) < 4.78 is 0. The first-order valence-electron chi connectivity index (χ1n) is 4.75. The summed E-state index contributed by atoms with van der Waals surface area (Å²) in [6, 6.07) is 10.6. The van der Waals surface area contributed by atoms with Crippen LogP contribution in [0.4, 0.5) is 0 Å². The van der Waals surface area contributed by atoms with Gasteiger partial charge >= 0.3 is 0 Å². The molecule has 0 radical (unpaired) electrons. The maximum absolute atomic E-state index is 2.20. The molecule has 0 spiro atoms. The number of allylic oxidation sites excluding steroid dienone is 4. The van der Waals surface area contributed by atoms with E-state index < -0.39 is 0 Å². The fourth-order valence-corrected chi connectivity index (χ4v) is 1.18. The van der Waals surface area contributed by atoms with Crippen LogP contribution in [0.2, 0.25) is 0 Å². The highest BCUT2D eigenvalue weighted by molar-refractivity contribution is 5.15. The Morgan fingerprint density at radius 1 is 1.08 bits per heavy atom. The van der Waals surface area contributed by atoms with Crippen molar-refractivity contribution < 1.29 is 0 Å². The molecular formula is C13H16. The monoisotopic (exact) mass is 172 g/mol. The Morgan fingerprint density at radius 3 is 2.54 bits per heavy atom. The Balaban J connectivity index is 2.28. The molecule has 0 fully saturated rings. The SMILES string of the molecule is C/C=C/C=C/CCc1ccccc1. The second-order valence-corrected chi connectivity index (χ2v) is 2.98. The third kappa shape index (κ3) is 4.32. The van der Waals surface area contributed by atoms with Crippen molar-refractivity contribution in [2.24, 2.45) is 0 Å². The van der Waals surface area contributed by atoms with Gasteiger partial charge in [-0.15, -0.1) is 0 Å². The number of aryl methyl sites for hydroxylation is 1. The zero-order valence-electron chi connectivity index (χ0n) is 8.11. The van der Waals surface area contributed by atoms with E-state index in [1.54, 1.807) is 0 Å². The van der Waals surface area contributed by atoms with Crippen molar-refractivity contribution in [3.63, 3.8) is 0 Å². The van der Waals surface area contributed by atoms with E-state index in [2.05, 4.69) is 48.6 Å². The van der Waals surface area contributed by atoms with Crippen LogP contribution in [0.25, 0.3) is 0 Å². The van der Waals surface area contributed by atoms with Gasteiger partial charge in [-0.2, -0.15) is 0 Å². The molecule has 0 aliphatic heterocycles. The second-order valence-electron chi connectivity index (χ2n) is 2.98. The zero-order chi connectivity index (χ0) is 9.36. The summed E-state index contributed by atoms with van der Waals surface area (Å²) in [4.78, 5) is 0. The largest absolute Gasteiger partial charge is 0.0877 e. The van der Waals surface area contributed by atoms with Crippen LogP contribution >= 0.6 is 0 Å². The molecule has 1 aromatic rings. The Kier molecular flexibility index (Phi) is 4.70. The van der Waals surface area contributed by atoms with Gasteiger partial charge in [-0.1, -0.05) is 54.6 Å². The van der Waals surface area contributed by atoms with Crippen LogP contribution in [0.1, 0.15) is 18.9 Å². The fourth-order valence-electron chi connectivity index (χ4n) is 1.18. The molecule has 0 nitrogen and oxygen atoms in total. The highest BCUT2D eigenvalue weighted by atomic mass is 13.9. The number of hydrogen-bond acceptors (Lipinski definition) is 0. The lowest BCUT2D eigenvalue weighted by molar-refractivity contribution is 1.00. The maximum Gasteiger partial charge on any atom is -0.0244 e. The van der Waals surface area contributed by atoms with Gasteiger partial charge in [0.2, 0.25) is 0 Å². The smallest absolute Gasteiger partial charge is 0.0244 e. The van der Waals surface area contributed by atoms with E-state index in [4.69, 9.17) is 0 Å². The van der Waals surface area contributed by atoms with Crippen LogP contribution in [0, 0.1) is 0 Å². The van der Waals surface area contributed by atoms with Crippen LogP contribution in [-0.2, 0) is 6.42 Å². The minimum absolute atomic E-state index is 1.12. The summed E-state index contributed by atoms with van der Waals surface area (Å²) in [6.07, 6.45) is 10.7. The molecule has 0 unspecified atom stereocenters. The molecule has 1 aromatic carbocycles. The molecule has 68 valence electrons. The molecular weight excluding hydrogens is 156 g/mol. The van der Waals surface area contributed by atoms with Crippen LogP contribution in [0.5, 0.6) is 0 Å². The van der Waals surface area contributed by atoms with E-state index in [1.807, 2.05) is 13.0 Å². The highest BCUT2D eigenvalue weighted by Crippen LogP contribution is 2.02. The first-order chi connectivity index (χ1) is 6.43. The lowest BCUT2D eigenvalue weighted by Crippen LogP contribution is -1.80. The summed E-state index contributed by atoms with van der Waals surface area (Å²) in [5.74, 6) is 0. The van der Waals surface area contributed by atoms with Gasteiger partial charge in [0.15, 0.2) is 0 Å². The molecule has 0 amide bonds. The maximum atomic E-state index is 2.20. The summed E-state index contributed by atoms with van der Waals surface area (Å²) >= 11 is 0. The quantitative estimate of drug-likeness (QED) is 0.607. The number of hydrogen-bond donors (Lipinski definition) is 0. The van der Waals surface area contributed by atoms with E-state index in [9.17, 15) is 0 Å². The summed E-state index contributed by atoms with van der Waals surface area (Å²) in [5.41, 5.74) is 1.41. The molecule has 13 heavy (non-hydrogen) atoms. The summed E-state index contributed by atoms with van der Waals surface area (Å²) in [7, 11) is 0. The number of rotatable bonds is 4. The van der Waals surface area contributed by atoms with Crippen molar-refractivity contribution in [3.05, 3.63) is 60.2 Å². The minimum Gasteiger partial charge on any atom is -0.0877 e. The van der Waals surface area contributed by atoms with Crippen molar-refractivity contribution in [3.8, 4) is 0 Å². The van der Waals surface area contributed by atoms with E-state index in [0.717, 1.165) is 12.8 Å². The van der Waals surface area contributed by atoms with Gasteiger partial charge in [0.1, 0.15) is 0 Å². The molecule has 0 heteroatoms. The standard InChI is InChI=1S/C13H16/c1-2-3-4-5-7-10-13-11-8-6-9-12-13/h2-6,8-9,11-12H,7,10H2,1H3/b3-2+,5-4+. The fraction of sp³-hybridized carbons (Fsp3) is 0.231. The molecule has 0 aliphatic carbocycles. The first-order valence-corrected chi connectivity index (χ1v) is 4.75. The lowest BCUT2D eigenvalue weighted by Gasteiger charge is -1.95. The predicted molar refractivity (Wildman–Crippen MR) is 58.7 cm³/mol. The Hall–Kier alpha value is -1.30. The average Bonchev–Trinajstić information content (AvgIpc) is 2.19. The van der Waals surface area contributed by atoms with Crippen molar-refractivity contribution in [2.45, 2.75) is 19.8 Å². The van der Waals surface area contributed by atoms with Crippen LogP contribution in [-0.4, -0.2) is 0 Å². The zero-order valence-corrected chi connectivity index (χ0v) is 8.11. The van der Waals surface area contributed by atoms with Crippen molar-refractivity contribution in [1.82, 2.24) is 0 Å². The van der Waals surface area contributed by atoms with E-state index >= 15 is 0 Å². The normalized spacial score (nSPS) is 11.5. The van der Waals surface area contributed by atoms with E-state index in [-0.39, 0.29) is 0 Å². The molecule has 0 heterocycles. The van der Waals surface area contributed by atoms with Gasteiger partial charge in [0.25, 0.3) is 0 Å². The molecule has 0 saturated carbocycles. The van der Waals surface area contributed by atoms with Crippen LogP contribution in [0.15, 0.2) is 54.6 Å². The van der Waals surface area contributed by atoms with Gasteiger partial charge in [0, 0.05) is 0 Å². The van der Waals surface area contributed by atoms with Gasteiger partial charge < -0.3 is 0 Å². The molecule has 1 rings (SSSR count). The van der Waals surface area contributed by atoms with E-state index in [1.165, 1.54) is 5.56 Å². The second kappa shape index (κ2) is 6.24. The Morgan fingerprint density at radius 2 is 1.85 bits per heavy atom. The molecule has 0 aromatic heterocycles. The molecule has 0 N–H and O–H groups in total. The third-order valence-electron chi connectivity index (χ3n) is 1.88. The van der Waals surface area contributed by atoms with Crippen molar-refractivity contribution >= 4 is 0 Å². The van der Waals surface area contributed by atoms with Gasteiger partial charge in [-0.3, -0.25) is 0 Å². The Labute approximate surface area is 80.6 Å². The van der Waals surface area contributed by atoms with Gasteiger partial charge in [-0.05, 0) is 25.3 Å². The van der Waals surface area contributed by atoms with Gasteiger partial charge in [-0.25, -0.2) is 0 Å². The summed E-state index contributed by atoms with van der Waals surface area (Å²) in [5, 5.41) is 0. The van der Waals surface area contributed by atoms with Crippen LogP contribution < -0.4 is 0 Å². The molecule has 0 atom stereocenters. The summed E-state index contributed by atoms with van der Waals surface area (Å²) in [6.45, 7) is 2.03. The molecule has 0 bridgehead atoms. The topological polar surface area (TPSA) is 0 Å². The highest BCUT2D eigenvalue weighted by Gasteiger charge is 1.86. The van der Waals surface area contributed by atoms with Crippen molar-refractivity contribution in [1.29, 1.82) is 0 Å². The van der Waals surface area contributed by atoms with E-state index in [0.29, 0.717) is 0 Å².